The summed E-state index contributed by atoms with van der Waals surface area (Å²) in [6.45, 7) is 4.64. The van der Waals surface area contributed by atoms with Crippen LogP contribution in [0, 0.1) is 0 Å². The van der Waals surface area contributed by atoms with Crippen molar-refractivity contribution in [1.82, 2.24) is 15.1 Å². The number of nitrogens with zero attached hydrogens (tertiary/aromatic N) is 4. The summed E-state index contributed by atoms with van der Waals surface area (Å²) in [7, 11) is 1.65. The molecule has 0 aliphatic carbocycles. The molecule has 0 unspecified atom stereocenters. The van der Waals surface area contributed by atoms with Gasteiger partial charge in [-0.15, -0.1) is 10.2 Å². The van der Waals surface area contributed by atoms with E-state index in [4.69, 9.17) is 9.15 Å². The maximum atomic E-state index is 5.85. The fraction of sp³-hybridized carbons (Fsp3) is 0.300. The summed E-state index contributed by atoms with van der Waals surface area (Å²) in [6.07, 6.45) is 0. The van der Waals surface area contributed by atoms with Crippen molar-refractivity contribution in [2.24, 2.45) is 0 Å². The van der Waals surface area contributed by atoms with Gasteiger partial charge < -0.3 is 14.1 Å². The molecule has 6 heteroatoms. The number of ether oxygens (including phenoxy) is 1. The Kier molecular flexibility index (Phi) is 4.84. The Bertz CT molecular complexity index is 842. The van der Waals surface area contributed by atoms with Crippen LogP contribution in [0.4, 0.5) is 5.69 Å². The summed E-state index contributed by atoms with van der Waals surface area (Å²) in [4.78, 5) is 4.76. The molecule has 1 fully saturated rings. The molecule has 3 aromatic rings. The molecule has 0 atom stereocenters. The van der Waals surface area contributed by atoms with Gasteiger partial charge in [-0.05, 0) is 30.3 Å². The second-order valence-electron chi connectivity index (χ2n) is 6.33. The summed E-state index contributed by atoms with van der Waals surface area (Å²) in [6, 6.07) is 18.2. The third-order valence-corrected chi connectivity index (χ3v) is 4.64. The van der Waals surface area contributed by atoms with Crippen molar-refractivity contribution in [2.45, 2.75) is 6.54 Å². The molecule has 0 radical (unpaired) electrons. The molecule has 1 aliphatic heterocycles. The van der Waals surface area contributed by atoms with E-state index in [0.29, 0.717) is 18.3 Å². The zero-order valence-corrected chi connectivity index (χ0v) is 14.8. The first-order chi connectivity index (χ1) is 12.8. The topological polar surface area (TPSA) is 54.6 Å². The molecule has 1 aliphatic rings. The fourth-order valence-electron chi connectivity index (χ4n) is 3.18. The van der Waals surface area contributed by atoms with Crippen molar-refractivity contribution in [3.63, 3.8) is 0 Å². The molecule has 0 amide bonds. The van der Waals surface area contributed by atoms with E-state index < -0.39 is 0 Å². The van der Waals surface area contributed by atoms with Gasteiger partial charge in [0.1, 0.15) is 5.75 Å². The van der Waals surface area contributed by atoms with Gasteiger partial charge in [-0.25, -0.2) is 0 Å². The van der Waals surface area contributed by atoms with Gasteiger partial charge in [0.15, 0.2) is 0 Å². The monoisotopic (exact) mass is 350 g/mol. The van der Waals surface area contributed by atoms with Crippen LogP contribution >= 0.6 is 0 Å². The van der Waals surface area contributed by atoms with Crippen molar-refractivity contribution in [2.75, 3.05) is 38.2 Å². The summed E-state index contributed by atoms with van der Waals surface area (Å²) >= 11 is 0. The van der Waals surface area contributed by atoms with E-state index >= 15 is 0 Å². The molecule has 0 spiro atoms. The van der Waals surface area contributed by atoms with E-state index in [1.165, 1.54) is 5.69 Å². The summed E-state index contributed by atoms with van der Waals surface area (Å²) in [5.41, 5.74) is 2.15. The molecule has 6 nitrogen and oxygen atoms in total. The van der Waals surface area contributed by atoms with Crippen molar-refractivity contribution in [3.8, 4) is 17.2 Å². The number of rotatable bonds is 5. The minimum atomic E-state index is 0.529. The van der Waals surface area contributed by atoms with E-state index in [0.717, 1.165) is 37.5 Å². The third kappa shape index (κ3) is 3.70. The van der Waals surface area contributed by atoms with Crippen LogP contribution in [-0.4, -0.2) is 48.4 Å². The molecule has 2 aromatic carbocycles. The van der Waals surface area contributed by atoms with E-state index in [1.807, 2.05) is 24.3 Å². The molecule has 26 heavy (non-hydrogen) atoms. The Balaban J connectivity index is 1.36. The molecule has 0 saturated carbocycles. The first-order valence-electron chi connectivity index (χ1n) is 8.81. The molecule has 1 aromatic heterocycles. The third-order valence-electron chi connectivity index (χ3n) is 4.64. The normalized spacial score (nSPS) is 15.2. The van der Waals surface area contributed by atoms with Crippen LogP contribution in [0.1, 0.15) is 5.89 Å². The van der Waals surface area contributed by atoms with Gasteiger partial charge in [0.25, 0.3) is 0 Å². The average molecular weight is 350 g/mol. The highest BCUT2D eigenvalue weighted by Crippen LogP contribution is 2.23. The maximum Gasteiger partial charge on any atom is 0.247 e. The molecule has 1 saturated heterocycles. The van der Waals surface area contributed by atoms with E-state index in [1.54, 1.807) is 7.11 Å². The lowest BCUT2D eigenvalue weighted by molar-refractivity contribution is 0.227. The van der Waals surface area contributed by atoms with Crippen LogP contribution in [0.25, 0.3) is 11.5 Å². The van der Waals surface area contributed by atoms with Gasteiger partial charge in [-0.3, -0.25) is 4.90 Å². The Hall–Kier alpha value is -2.86. The highest BCUT2D eigenvalue weighted by molar-refractivity contribution is 5.55. The number of hydrogen-bond acceptors (Lipinski definition) is 6. The van der Waals surface area contributed by atoms with Gasteiger partial charge in [0.05, 0.1) is 13.7 Å². The second-order valence-corrected chi connectivity index (χ2v) is 6.33. The van der Waals surface area contributed by atoms with Crippen molar-refractivity contribution in [3.05, 3.63) is 60.5 Å². The lowest BCUT2D eigenvalue weighted by Crippen LogP contribution is -2.46. The molecule has 2 heterocycles. The number of aromatic nitrogens is 2. The lowest BCUT2D eigenvalue weighted by Gasteiger charge is -2.35. The summed E-state index contributed by atoms with van der Waals surface area (Å²) in [5, 5.41) is 8.39. The van der Waals surface area contributed by atoms with Crippen molar-refractivity contribution >= 4 is 5.69 Å². The Morgan fingerprint density at radius 3 is 2.54 bits per heavy atom. The van der Waals surface area contributed by atoms with Crippen LogP contribution in [0.5, 0.6) is 5.75 Å². The zero-order valence-electron chi connectivity index (χ0n) is 14.8. The molecule has 0 bridgehead atoms. The number of piperazine rings is 1. The minimum absolute atomic E-state index is 0.529. The van der Waals surface area contributed by atoms with Crippen molar-refractivity contribution < 1.29 is 9.15 Å². The standard InChI is InChI=1S/C20H22N4O2/c1-25-18-9-5-6-16(14-18)20-22-21-19(26-20)15-23-10-12-24(13-11-23)17-7-3-2-4-8-17/h2-9,14H,10-13,15H2,1H3. The SMILES string of the molecule is COc1cccc(-c2nnc(CN3CCN(c4ccccc4)CC3)o2)c1. The second kappa shape index (κ2) is 7.58. The number of methoxy groups -OCH3 is 1. The highest BCUT2D eigenvalue weighted by atomic mass is 16.5. The highest BCUT2D eigenvalue weighted by Gasteiger charge is 2.19. The molecular weight excluding hydrogens is 328 g/mol. The van der Waals surface area contributed by atoms with Crippen molar-refractivity contribution in [1.29, 1.82) is 0 Å². The Morgan fingerprint density at radius 2 is 1.77 bits per heavy atom. The van der Waals surface area contributed by atoms with Gasteiger partial charge in [-0.1, -0.05) is 24.3 Å². The molecular formula is C20H22N4O2. The van der Waals surface area contributed by atoms with Crippen LogP contribution < -0.4 is 9.64 Å². The summed E-state index contributed by atoms with van der Waals surface area (Å²) < 4.78 is 11.1. The molecule has 0 N–H and O–H groups in total. The zero-order chi connectivity index (χ0) is 17.8. The lowest BCUT2D eigenvalue weighted by atomic mass is 10.2. The summed E-state index contributed by atoms with van der Waals surface area (Å²) in [5.74, 6) is 1.96. The van der Waals surface area contributed by atoms with E-state index in [2.05, 4.69) is 50.3 Å². The van der Waals surface area contributed by atoms with Crippen LogP contribution in [0.3, 0.4) is 0 Å². The van der Waals surface area contributed by atoms with Crippen LogP contribution in [0.15, 0.2) is 59.0 Å². The van der Waals surface area contributed by atoms with Gasteiger partial charge >= 0.3 is 0 Å². The number of benzene rings is 2. The number of para-hydroxylation sites is 1. The maximum absolute atomic E-state index is 5.85. The molecule has 134 valence electrons. The number of anilines is 1. The largest absolute Gasteiger partial charge is 0.497 e. The Morgan fingerprint density at radius 1 is 0.962 bits per heavy atom. The first-order valence-corrected chi connectivity index (χ1v) is 8.81. The Labute approximate surface area is 153 Å². The number of hydrogen-bond donors (Lipinski definition) is 0. The predicted octanol–water partition coefficient (Wildman–Crippen LogP) is 3.07. The predicted molar refractivity (Wildman–Crippen MR) is 100 cm³/mol. The van der Waals surface area contributed by atoms with Gasteiger partial charge in [-0.2, -0.15) is 0 Å². The quantitative estimate of drug-likeness (QED) is 0.705. The minimum Gasteiger partial charge on any atom is -0.497 e. The fourth-order valence-corrected chi connectivity index (χ4v) is 3.18. The van der Waals surface area contributed by atoms with Crippen LogP contribution in [0.2, 0.25) is 0 Å². The van der Waals surface area contributed by atoms with E-state index in [9.17, 15) is 0 Å². The van der Waals surface area contributed by atoms with Gasteiger partial charge in [0, 0.05) is 37.4 Å². The first kappa shape index (κ1) is 16.6. The van der Waals surface area contributed by atoms with E-state index in [-0.39, 0.29) is 0 Å². The van der Waals surface area contributed by atoms with Crippen LogP contribution in [-0.2, 0) is 6.54 Å². The average Bonchev–Trinajstić information content (AvgIpc) is 3.18. The smallest absolute Gasteiger partial charge is 0.247 e. The van der Waals surface area contributed by atoms with Gasteiger partial charge in [0.2, 0.25) is 11.8 Å². The molecule has 4 rings (SSSR count).